The zero-order chi connectivity index (χ0) is 53.6. The second-order valence-corrected chi connectivity index (χ2v) is 20.6. The van der Waals surface area contributed by atoms with Crippen LogP contribution in [0.5, 0.6) is 0 Å². The number of aliphatic hydroxyl groups excluding tert-OH is 3. The number of allylic oxidation sites excluding steroid dienone is 13. The van der Waals surface area contributed by atoms with Crippen LogP contribution in [0.3, 0.4) is 0 Å². The van der Waals surface area contributed by atoms with Crippen LogP contribution in [0.4, 0.5) is 5.82 Å². The van der Waals surface area contributed by atoms with Crippen molar-refractivity contribution in [2.75, 3.05) is 25.6 Å². The molecular weight excluding hydrogens is 985 g/mol. The molecule has 1 saturated heterocycles. The average Bonchev–Trinajstić information content (AvgIpc) is 3.62. The zero-order valence-corrected chi connectivity index (χ0v) is 44.6. The van der Waals surface area contributed by atoms with Crippen LogP contribution in [-0.2, 0) is 46.3 Å². The maximum Gasteiger partial charge on any atom is 0.481 e. The number of carbonyl (C=O) groups is 2. The first kappa shape index (κ1) is 65.0. The van der Waals surface area contributed by atoms with Gasteiger partial charge in [-0.1, -0.05) is 144 Å². The predicted molar refractivity (Wildman–Crippen MR) is 281 cm³/mol. The number of nitrogen functional groups attached to an aromatic ring is 1. The van der Waals surface area contributed by atoms with E-state index in [1.54, 1.807) is 12.2 Å². The van der Waals surface area contributed by atoms with Crippen molar-refractivity contribution in [3.8, 4) is 0 Å². The third kappa shape index (κ3) is 32.1. The van der Waals surface area contributed by atoms with Gasteiger partial charge in [0.15, 0.2) is 12.3 Å². The summed E-state index contributed by atoms with van der Waals surface area (Å²) in [5, 5.41) is 31.3. The third-order valence-corrected chi connectivity index (χ3v) is 13.7. The standard InChI is InChI=1S/C52H83N3O16P2/c1-3-5-7-9-11-13-15-17-18-19-20-22-24-26-28-30-32-36-47(57)66-40-44(69-48(58)37-33-35-43(56)34-31-29-27-25-23-21-16-14-12-10-8-6-4-2)41-67-72(62,63)71-73(64,65)68-42-45-49(59)50(60)51(70-45)55-39-38-46(53)54-52(55)61/h11,13,17-18,20-23,26-29,31,34,38-39,43-45,49-51,56,59-60H,3-10,12,14-16,19,24-25,30,32-33,35-37,40-42H2,1-2H3,(H,62,63)(H,64,65)(H2,53,54,61)/b13-11-,18-17-,22-20-,23-21+,28-26-,29-27+,34-31+/t43?,44-,45-,49-,50-,51-/m1/s1. The molecule has 1 fully saturated rings. The number of nitrogens with two attached hydrogens (primary N) is 1. The highest BCUT2D eigenvalue weighted by Gasteiger charge is 2.46. The Morgan fingerprint density at radius 2 is 1.27 bits per heavy atom. The zero-order valence-electron chi connectivity index (χ0n) is 42.8. The molecule has 0 amide bonds. The van der Waals surface area contributed by atoms with E-state index in [9.17, 15) is 48.6 Å². The molecule has 3 unspecified atom stereocenters. The highest BCUT2D eigenvalue weighted by atomic mass is 31.3. The van der Waals surface area contributed by atoms with E-state index in [1.807, 2.05) is 24.3 Å². The van der Waals surface area contributed by atoms with Crippen molar-refractivity contribution in [2.45, 2.75) is 185 Å². The topological polar surface area (TPSA) is 286 Å². The first-order chi connectivity index (χ1) is 35.1. The monoisotopic (exact) mass is 1070 g/mol. The van der Waals surface area contributed by atoms with Gasteiger partial charge < -0.3 is 45.1 Å². The van der Waals surface area contributed by atoms with Crippen LogP contribution in [0.15, 0.2) is 102 Å². The summed E-state index contributed by atoms with van der Waals surface area (Å²) in [6.07, 6.45) is 38.4. The van der Waals surface area contributed by atoms with Crippen LogP contribution in [0.2, 0.25) is 0 Å². The molecule has 0 radical (unpaired) electrons. The Morgan fingerprint density at radius 3 is 1.92 bits per heavy atom. The summed E-state index contributed by atoms with van der Waals surface area (Å²) in [4.78, 5) is 61.9. The van der Waals surface area contributed by atoms with Gasteiger partial charge in [0.05, 0.1) is 19.3 Å². The van der Waals surface area contributed by atoms with Crippen LogP contribution in [0.1, 0.15) is 155 Å². The third-order valence-electron chi connectivity index (χ3n) is 11.1. The number of carbonyl (C=O) groups excluding carboxylic acids is 2. The minimum Gasteiger partial charge on any atom is -0.462 e. The van der Waals surface area contributed by atoms with E-state index in [4.69, 9.17) is 29.0 Å². The number of phosphoric acid groups is 2. The fraction of sp³-hybridized carbons (Fsp3) is 0.615. The van der Waals surface area contributed by atoms with E-state index >= 15 is 0 Å². The van der Waals surface area contributed by atoms with E-state index < -0.39 is 89.8 Å². The number of hydrogen-bond acceptors (Lipinski definition) is 16. The molecule has 0 saturated carbocycles. The number of nitrogens with zero attached hydrogens (tertiary/aromatic N) is 2. The molecule has 2 heterocycles. The fourth-order valence-electron chi connectivity index (χ4n) is 7.02. The van der Waals surface area contributed by atoms with Crippen LogP contribution < -0.4 is 11.4 Å². The Hall–Kier alpha value is -4.10. The molecule has 1 aliphatic heterocycles. The Morgan fingerprint density at radius 1 is 0.726 bits per heavy atom. The molecule has 0 aromatic carbocycles. The Bertz CT molecular complexity index is 2070. The smallest absolute Gasteiger partial charge is 0.462 e. The summed E-state index contributed by atoms with van der Waals surface area (Å²) in [6, 6.07) is 1.23. The number of phosphoric ester groups is 2. The molecule has 412 valence electrons. The lowest BCUT2D eigenvalue weighted by molar-refractivity contribution is -0.161. The molecule has 1 aromatic heterocycles. The Balaban J connectivity index is 1.88. The number of aliphatic hydroxyl groups is 3. The molecule has 73 heavy (non-hydrogen) atoms. The maximum atomic E-state index is 12.9. The second-order valence-electron chi connectivity index (χ2n) is 17.5. The summed E-state index contributed by atoms with van der Waals surface area (Å²) in [5.41, 5.74) is 4.57. The number of esters is 2. The van der Waals surface area contributed by atoms with Crippen molar-refractivity contribution in [3.63, 3.8) is 0 Å². The van der Waals surface area contributed by atoms with Crippen molar-refractivity contribution in [2.24, 2.45) is 0 Å². The molecule has 21 heteroatoms. The van der Waals surface area contributed by atoms with Crippen molar-refractivity contribution < 1.29 is 71.4 Å². The van der Waals surface area contributed by atoms with Gasteiger partial charge >= 0.3 is 33.3 Å². The summed E-state index contributed by atoms with van der Waals surface area (Å²) < 4.78 is 56.5. The molecule has 0 aliphatic carbocycles. The minimum absolute atomic E-state index is 0.00746. The molecule has 0 bridgehead atoms. The molecule has 1 aromatic rings. The van der Waals surface area contributed by atoms with Gasteiger partial charge in [-0.25, -0.2) is 13.9 Å². The molecule has 2 rings (SSSR count). The van der Waals surface area contributed by atoms with Crippen LogP contribution in [0.25, 0.3) is 0 Å². The van der Waals surface area contributed by atoms with E-state index in [2.05, 4.69) is 71.8 Å². The second kappa shape index (κ2) is 39.3. The van der Waals surface area contributed by atoms with Crippen LogP contribution in [0, 0.1) is 0 Å². The number of aromatic nitrogens is 2. The fourth-order valence-corrected chi connectivity index (χ4v) is 9.13. The molecule has 1 aliphatic rings. The summed E-state index contributed by atoms with van der Waals surface area (Å²) in [6.45, 7) is 1.87. The molecule has 7 N–H and O–H groups in total. The molecule has 8 atom stereocenters. The predicted octanol–water partition coefficient (Wildman–Crippen LogP) is 9.64. The van der Waals surface area contributed by atoms with Gasteiger partial charge in [0.2, 0.25) is 0 Å². The minimum atomic E-state index is -5.49. The first-order valence-corrected chi connectivity index (χ1v) is 28.7. The number of ether oxygens (including phenoxy) is 3. The molecular formula is C52H83N3O16P2. The number of hydrogen-bond donors (Lipinski definition) is 6. The lowest BCUT2D eigenvalue weighted by Crippen LogP contribution is -2.36. The Labute approximate surface area is 431 Å². The van der Waals surface area contributed by atoms with Gasteiger partial charge in [-0.05, 0) is 83.1 Å². The van der Waals surface area contributed by atoms with Crippen molar-refractivity contribution in [1.82, 2.24) is 9.55 Å². The summed E-state index contributed by atoms with van der Waals surface area (Å²) in [7, 11) is -11.0. The largest absolute Gasteiger partial charge is 0.481 e. The first-order valence-electron chi connectivity index (χ1n) is 25.7. The Kier molecular flexibility index (Phi) is 35.0. The molecule has 19 nitrogen and oxygen atoms in total. The van der Waals surface area contributed by atoms with Crippen LogP contribution in [-0.4, -0.2) is 96.9 Å². The van der Waals surface area contributed by atoms with Gasteiger partial charge in [0.1, 0.15) is 30.7 Å². The lowest BCUT2D eigenvalue weighted by Gasteiger charge is -2.21. The van der Waals surface area contributed by atoms with E-state index in [0.29, 0.717) is 12.8 Å². The molecule has 0 spiro atoms. The van der Waals surface area contributed by atoms with Gasteiger partial charge in [0, 0.05) is 19.0 Å². The van der Waals surface area contributed by atoms with Crippen molar-refractivity contribution in [1.29, 1.82) is 0 Å². The number of unbranched alkanes of at least 4 members (excludes halogenated alkanes) is 10. The van der Waals surface area contributed by atoms with Gasteiger partial charge in [-0.15, -0.1) is 0 Å². The van der Waals surface area contributed by atoms with E-state index in [-0.39, 0.29) is 31.5 Å². The SMILES string of the molecule is CCCCC/C=C\C/C=C\C/C=C\C/C=C\CCCC(=O)OC[C@H](COP(=O)(O)OP(=O)(O)OC[C@H]1O[C@@H](n2ccc(N)nc2=O)[C@H](O)[C@@H]1O)OC(=O)CCCC(O)/C=C/C=C/C/C=C/CCCCCCCC. The summed E-state index contributed by atoms with van der Waals surface area (Å²) in [5.74, 6) is -1.58. The van der Waals surface area contributed by atoms with Crippen molar-refractivity contribution >= 4 is 33.4 Å². The maximum absolute atomic E-state index is 12.9. The lowest BCUT2D eigenvalue weighted by atomic mass is 10.1. The van der Waals surface area contributed by atoms with Gasteiger partial charge in [-0.2, -0.15) is 9.29 Å². The van der Waals surface area contributed by atoms with Crippen LogP contribution >= 0.6 is 15.6 Å². The summed E-state index contributed by atoms with van der Waals surface area (Å²) >= 11 is 0. The van der Waals surface area contributed by atoms with Gasteiger partial charge in [0.25, 0.3) is 0 Å². The van der Waals surface area contributed by atoms with Crippen molar-refractivity contribution in [3.05, 3.63) is 108 Å². The number of rotatable bonds is 41. The highest BCUT2D eigenvalue weighted by Crippen LogP contribution is 2.60. The highest BCUT2D eigenvalue weighted by molar-refractivity contribution is 7.61. The number of anilines is 1. The average molecular weight is 1070 g/mol. The quantitative estimate of drug-likeness (QED) is 0.0117. The normalized spacial score (nSPS) is 20.1. The van der Waals surface area contributed by atoms with E-state index in [1.165, 1.54) is 63.9 Å². The van der Waals surface area contributed by atoms with E-state index in [0.717, 1.165) is 49.3 Å². The van der Waals surface area contributed by atoms with Gasteiger partial charge in [-0.3, -0.25) is 23.2 Å².